The van der Waals surface area contributed by atoms with E-state index in [0.717, 1.165) is 18.2 Å². The van der Waals surface area contributed by atoms with Gasteiger partial charge in [0.1, 0.15) is 0 Å². The molecule has 74 valence electrons. The Morgan fingerprint density at radius 2 is 1.46 bits per heavy atom. The average molecular weight is 217 g/mol. The highest BCUT2D eigenvalue weighted by Gasteiger charge is 2.29. The molecule has 1 aliphatic heterocycles. The molecule has 0 radical (unpaired) electrons. The van der Waals surface area contributed by atoms with Crippen molar-refractivity contribution in [1.29, 1.82) is 0 Å². The van der Waals surface area contributed by atoms with Crippen LogP contribution >= 0.6 is 23.7 Å². The monoisotopic (exact) mass is 217 g/mol. The van der Waals surface area contributed by atoms with Crippen LogP contribution in [0.3, 0.4) is 0 Å². The summed E-state index contributed by atoms with van der Waals surface area (Å²) in [6.45, 7) is 0. The van der Waals surface area contributed by atoms with E-state index in [4.69, 9.17) is 9.69 Å². The molecule has 1 aliphatic rings. The Morgan fingerprint density at radius 3 is 2.00 bits per heavy atom. The van der Waals surface area contributed by atoms with Gasteiger partial charge in [-0.05, 0) is 0 Å². The first-order valence-electron chi connectivity index (χ1n) is 5.04. The average Bonchev–Trinajstić information content (AvgIpc) is 2.28. The summed E-state index contributed by atoms with van der Waals surface area (Å²) in [4.78, 5) is 0. The highest BCUT2D eigenvalue weighted by atomic mass is 32.2. The minimum atomic E-state index is 0.355. The van der Waals surface area contributed by atoms with Crippen molar-refractivity contribution in [3.8, 4) is 0 Å². The van der Waals surface area contributed by atoms with E-state index in [2.05, 4.69) is 0 Å². The minimum absolute atomic E-state index is 0.355. The number of nitrogens with two attached hydrogens (primary N) is 1. The quantitative estimate of drug-likeness (QED) is 0.424. The molecule has 0 bridgehead atoms. The van der Waals surface area contributed by atoms with Crippen LogP contribution < -0.4 is 5.14 Å². The lowest BCUT2D eigenvalue weighted by Gasteiger charge is -2.14. The molecule has 0 atom stereocenters. The fraction of sp³-hybridized carbons (Fsp3) is 1.00. The van der Waals surface area contributed by atoms with Crippen molar-refractivity contribution in [3.05, 3.63) is 0 Å². The lowest BCUT2D eigenvalue weighted by atomic mass is 9.32. The first-order chi connectivity index (χ1) is 6.38. The van der Waals surface area contributed by atoms with Crippen LogP contribution in [-0.4, -0.2) is 16.3 Å². The van der Waals surface area contributed by atoms with E-state index in [9.17, 15) is 0 Å². The molecule has 1 rings (SSSR count). The van der Waals surface area contributed by atoms with Crippen LogP contribution in [0.15, 0.2) is 0 Å². The molecule has 0 amide bonds. The van der Waals surface area contributed by atoms with E-state index in [1.54, 1.807) is 0 Å². The predicted octanol–water partition coefficient (Wildman–Crippen LogP) is 2.83. The molecule has 0 unspecified atom stereocenters. The van der Waals surface area contributed by atoms with Crippen molar-refractivity contribution in [2.24, 2.45) is 5.14 Å². The summed E-state index contributed by atoms with van der Waals surface area (Å²) in [6, 6.07) is 0. The minimum Gasteiger partial charge on any atom is -0.343 e. The molecule has 0 aromatic rings. The molecule has 0 aliphatic carbocycles. The van der Waals surface area contributed by atoms with Crippen LogP contribution in [0.1, 0.15) is 32.1 Å². The van der Waals surface area contributed by atoms with Crippen LogP contribution in [0, 0.1) is 0 Å². The first-order valence-corrected chi connectivity index (χ1v) is 6.82. The number of rotatable bonds is 2. The third-order valence-corrected chi connectivity index (χ3v) is 4.62. The lowest BCUT2D eigenvalue weighted by molar-refractivity contribution is 0.657. The zero-order chi connectivity index (χ0) is 9.52. The molecule has 0 aromatic heterocycles. The second-order valence-electron chi connectivity index (χ2n) is 3.66. The second-order valence-corrected chi connectivity index (χ2v) is 5.36. The molecule has 1 saturated heterocycles. The molecule has 2 nitrogen and oxygen atoms in total. The van der Waals surface area contributed by atoms with Crippen molar-refractivity contribution in [2.45, 2.75) is 44.7 Å². The molecule has 6 heteroatoms. The number of hydrogen-bond acceptors (Lipinski definition) is 4. The van der Waals surface area contributed by atoms with E-state index in [1.807, 2.05) is 0 Å². The fourth-order valence-corrected chi connectivity index (χ4v) is 3.37. The molecule has 0 saturated carbocycles. The van der Waals surface area contributed by atoms with Crippen LogP contribution in [0.2, 0.25) is 12.6 Å². The summed E-state index contributed by atoms with van der Waals surface area (Å²) in [5, 5.41) is 5.63. The summed E-state index contributed by atoms with van der Waals surface area (Å²) in [7, 11) is 0. The summed E-state index contributed by atoms with van der Waals surface area (Å²) in [5.74, 6) is 0.807. The van der Waals surface area contributed by atoms with Gasteiger partial charge in [-0.2, -0.15) is 0 Å². The molecular formula is C7H17B2NOS2. The standard InChI is InChI=1S/C7H17B2NOS2/c10-12-8-6-4-2-1-3-5-7-9(8)13-11/h11H,1-7,10H2. The topological polar surface area (TPSA) is 46.2 Å². The Kier molecular flexibility index (Phi) is 6.45. The molecule has 0 aromatic carbocycles. The summed E-state index contributed by atoms with van der Waals surface area (Å²) >= 11 is 2.44. The van der Waals surface area contributed by atoms with Gasteiger partial charge in [-0.1, -0.05) is 56.6 Å². The third kappa shape index (κ3) is 4.19. The molecule has 13 heavy (non-hydrogen) atoms. The maximum Gasteiger partial charge on any atom is 0.229 e. The molecule has 3 N–H and O–H groups in total. The van der Waals surface area contributed by atoms with Gasteiger partial charge in [0.05, 0.1) is 0 Å². The Hall–Kier alpha value is 0.750. The highest BCUT2D eigenvalue weighted by Crippen LogP contribution is 2.25. The van der Waals surface area contributed by atoms with Crippen LogP contribution in [0.4, 0.5) is 0 Å². The third-order valence-electron chi connectivity index (χ3n) is 2.70. The van der Waals surface area contributed by atoms with Crippen molar-refractivity contribution in [3.63, 3.8) is 0 Å². The van der Waals surface area contributed by atoms with Crippen molar-refractivity contribution < 1.29 is 4.55 Å². The Bertz CT molecular complexity index is 128. The smallest absolute Gasteiger partial charge is 0.229 e. The fourth-order valence-electron chi connectivity index (χ4n) is 1.87. The van der Waals surface area contributed by atoms with Gasteiger partial charge < -0.3 is 4.55 Å². The van der Waals surface area contributed by atoms with Crippen molar-refractivity contribution >= 4 is 35.5 Å². The van der Waals surface area contributed by atoms with Gasteiger partial charge in [-0.3, -0.25) is 5.14 Å². The van der Waals surface area contributed by atoms with Gasteiger partial charge in [-0.25, -0.2) is 0 Å². The second kappa shape index (κ2) is 7.10. The van der Waals surface area contributed by atoms with E-state index in [-0.39, 0.29) is 0 Å². The van der Waals surface area contributed by atoms with Gasteiger partial charge >= 0.3 is 0 Å². The Balaban J connectivity index is 2.42. The van der Waals surface area contributed by atoms with E-state index in [1.165, 1.54) is 50.2 Å². The SMILES string of the molecule is NSB1CCCCCCCB1SO. The molecule has 1 fully saturated rings. The van der Waals surface area contributed by atoms with Crippen LogP contribution in [0.25, 0.3) is 0 Å². The maximum atomic E-state index is 9.15. The predicted molar refractivity (Wildman–Crippen MR) is 66.2 cm³/mol. The number of hydrogen-bond donors (Lipinski definition) is 2. The van der Waals surface area contributed by atoms with Gasteiger partial charge in [0.25, 0.3) is 0 Å². The zero-order valence-corrected chi connectivity index (χ0v) is 9.58. The van der Waals surface area contributed by atoms with Crippen molar-refractivity contribution in [2.75, 3.05) is 0 Å². The Labute approximate surface area is 90.1 Å². The van der Waals surface area contributed by atoms with E-state index < -0.39 is 0 Å². The highest BCUT2D eigenvalue weighted by molar-refractivity contribution is 8.42. The van der Waals surface area contributed by atoms with E-state index >= 15 is 0 Å². The van der Waals surface area contributed by atoms with Gasteiger partial charge in [0.15, 0.2) is 0 Å². The van der Waals surface area contributed by atoms with Gasteiger partial charge in [0.2, 0.25) is 11.8 Å². The Morgan fingerprint density at radius 1 is 0.923 bits per heavy atom. The maximum absolute atomic E-state index is 9.15. The molecule has 1 heterocycles. The first kappa shape index (κ1) is 11.8. The van der Waals surface area contributed by atoms with Gasteiger partial charge in [-0.15, -0.1) is 11.8 Å². The van der Waals surface area contributed by atoms with Crippen molar-refractivity contribution in [1.82, 2.24) is 0 Å². The van der Waals surface area contributed by atoms with Crippen LogP contribution in [0.5, 0.6) is 0 Å². The molecular weight excluding hydrogens is 200 g/mol. The largest absolute Gasteiger partial charge is 0.343 e. The van der Waals surface area contributed by atoms with E-state index in [0.29, 0.717) is 11.8 Å². The summed E-state index contributed by atoms with van der Waals surface area (Å²) < 4.78 is 9.15. The summed E-state index contributed by atoms with van der Waals surface area (Å²) in [5.41, 5.74) is 0. The normalized spacial score (nSPS) is 20.8. The van der Waals surface area contributed by atoms with Gasteiger partial charge in [0, 0.05) is 0 Å². The zero-order valence-electron chi connectivity index (χ0n) is 7.95. The lowest BCUT2D eigenvalue weighted by Crippen LogP contribution is -2.31. The van der Waals surface area contributed by atoms with Crippen LogP contribution in [-0.2, 0) is 0 Å². The summed E-state index contributed by atoms with van der Waals surface area (Å²) in [6.07, 6.45) is 8.81. The molecule has 0 spiro atoms.